The molecule has 106 valence electrons. The number of nitrogen functional groups attached to an aromatic ring is 1. The molecule has 3 N–H and O–H groups in total. The van der Waals surface area contributed by atoms with Gasteiger partial charge in [0.25, 0.3) is 0 Å². The van der Waals surface area contributed by atoms with Crippen LogP contribution in [0.4, 0.5) is 5.69 Å². The van der Waals surface area contributed by atoms with Crippen molar-refractivity contribution in [3.8, 4) is 0 Å². The Morgan fingerprint density at radius 1 is 1.50 bits per heavy atom. The van der Waals surface area contributed by atoms with E-state index < -0.39 is 0 Å². The molecule has 2 saturated heterocycles. The van der Waals surface area contributed by atoms with Crippen molar-refractivity contribution in [2.24, 2.45) is 5.92 Å². The van der Waals surface area contributed by atoms with Gasteiger partial charge in [-0.05, 0) is 25.0 Å². The highest BCUT2D eigenvalue weighted by atomic mass is 16.2. The van der Waals surface area contributed by atoms with Crippen molar-refractivity contribution in [2.75, 3.05) is 18.8 Å². The number of carbonyl (C=O) groups is 2. The molecule has 20 heavy (non-hydrogen) atoms. The lowest BCUT2D eigenvalue weighted by molar-refractivity contribution is -0.136. The van der Waals surface area contributed by atoms with Crippen LogP contribution >= 0.6 is 0 Å². The summed E-state index contributed by atoms with van der Waals surface area (Å²) < 4.78 is 0. The van der Waals surface area contributed by atoms with Crippen LogP contribution in [0.2, 0.25) is 0 Å². The molecule has 0 aliphatic carbocycles. The minimum atomic E-state index is -0.0351. The number of aromatic nitrogens is 1. The summed E-state index contributed by atoms with van der Waals surface area (Å²) in [5.41, 5.74) is 6.88. The molecule has 3 rings (SSSR count). The van der Waals surface area contributed by atoms with E-state index in [2.05, 4.69) is 10.3 Å². The van der Waals surface area contributed by atoms with Gasteiger partial charge in [-0.2, -0.15) is 0 Å². The van der Waals surface area contributed by atoms with Crippen LogP contribution in [0, 0.1) is 5.92 Å². The minimum Gasteiger partial charge on any atom is -0.397 e. The maximum atomic E-state index is 12.4. The van der Waals surface area contributed by atoms with Crippen LogP contribution in [0.1, 0.15) is 18.5 Å². The standard InChI is InChI=1S/C14H18N4O2/c15-9-3-4-10(16-7-9)6-13(19)18-5-1-2-11-12(18)8-17-14(11)20/h3-4,7,11-12H,1-2,5-6,8,15H2,(H,17,20). The average Bonchev–Trinajstić information content (AvgIpc) is 2.83. The summed E-state index contributed by atoms with van der Waals surface area (Å²) in [6.07, 6.45) is 3.58. The van der Waals surface area contributed by atoms with Gasteiger partial charge in [-0.15, -0.1) is 0 Å². The molecule has 6 nitrogen and oxygen atoms in total. The molecular formula is C14H18N4O2. The lowest BCUT2D eigenvalue weighted by Crippen LogP contribution is -2.49. The molecule has 6 heteroatoms. The van der Waals surface area contributed by atoms with Gasteiger partial charge in [0.15, 0.2) is 0 Å². The Balaban J connectivity index is 1.70. The Labute approximate surface area is 117 Å². The fraction of sp³-hybridized carbons (Fsp3) is 0.500. The molecular weight excluding hydrogens is 256 g/mol. The monoisotopic (exact) mass is 274 g/mol. The Kier molecular flexibility index (Phi) is 3.30. The Morgan fingerprint density at radius 2 is 2.35 bits per heavy atom. The second-order valence-corrected chi connectivity index (χ2v) is 5.41. The van der Waals surface area contributed by atoms with Gasteiger partial charge in [0.2, 0.25) is 11.8 Å². The van der Waals surface area contributed by atoms with E-state index >= 15 is 0 Å². The van der Waals surface area contributed by atoms with E-state index in [0.29, 0.717) is 17.9 Å². The van der Waals surface area contributed by atoms with E-state index in [1.54, 1.807) is 18.3 Å². The van der Waals surface area contributed by atoms with Crippen molar-refractivity contribution >= 4 is 17.5 Å². The number of fused-ring (bicyclic) bond motifs is 1. The first-order chi connectivity index (χ1) is 9.65. The largest absolute Gasteiger partial charge is 0.397 e. The predicted molar refractivity (Wildman–Crippen MR) is 73.6 cm³/mol. The van der Waals surface area contributed by atoms with Crippen LogP contribution in [0.15, 0.2) is 18.3 Å². The summed E-state index contributed by atoms with van der Waals surface area (Å²) in [5.74, 6) is 0.0821. The molecule has 0 radical (unpaired) electrons. The molecule has 2 aliphatic rings. The van der Waals surface area contributed by atoms with Crippen molar-refractivity contribution in [1.82, 2.24) is 15.2 Å². The lowest BCUT2D eigenvalue weighted by Gasteiger charge is -2.35. The number of carbonyl (C=O) groups excluding carboxylic acids is 2. The van der Waals surface area contributed by atoms with Crippen LogP contribution in [0.3, 0.4) is 0 Å². The van der Waals surface area contributed by atoms with Gasteiger partial charge in [-0.3, -0.25) is 14.6 Å². The normalized spacial score (nSPS) is 25.2. The minimum absolute atomic E-state index is 0.0116. The number of nitrogens with one attached hydrogen (secondary N) is 1. The van der Waals surface area contributed by atoms with Crippen molar-refractivity contribution in [2.45, 2.75) is 25.3 Å². The number of anilines is 1. The zero-order valence-electron chi connectivity index (χ0n) is 11.2. The number of pyridine rings is 1. The van der Waals surface area contributed by atoms with E-state index in [4.69, 9.17) is 5.73 Å². The number of piperidine rings is 1. The van der Waals surface area contributed by atoms with Crippen molar-refractivity contribution in [1.29, 1.82) is 0 Å². The molecule has 1 aromatic heterocycles. The third-order valence-electron chi connectivity index (χ3n) is 4.10. The summed E-state index contributed by atoms with van der Waals surface area (Å²) in [6, 6.07) is 3.53. The molecule has 0 spiro atoms. The first-order valence-electron chi connectivity index (χ1n) is 6.93. The molecule has 0 aromatic carbocycles. The molecule has 0 bridgehead atoms. The Hall–Kier alpha value is -2.11. The van der Waals surface area contributed by atoms with Gasteiger partial charge in [0.1, 0.15) is 0 Å². The predicted octanol–water partition coefficient (Wildman–Crippen LogP) is -0.0567. The number of amides is 2. The summed E-state index contributed by atoms with van der Waals surface area (Å²) in [4.78, 5) is 30.1. The molecule has 3 heterocycles. The number of hydrogen-bond acceptors (Lipinski definition) is 4. The molecule has 2 aliphatic heterocycles. The van der Waals surface area contributed by atoms with E-state index in [0.717, 1.165) is 19.4 Å². The van der Waals surface area contributed by atoms with Crippen molar-refractivity contribution in [3.05, 3.63) is 24.0 Å². The van der Waals surface area contributed by atoms with Crippen LogP contribution in [-0.4, -0.2) is 40.8 Å². The molecule has 2 atom stereocenters. The van der Waals surface area contributed by atoms with Crippen molar-refractivity contribution < 1.29 is 9.59 Å². The smallest absolute Gasteiger partial charge is 0.228 e. The van der Waals surface area contributed by atoms with Gasteiger partial charge in [0.05, 0.1) is 30.3 Å². The fourth-order valence-electron chi connectivity index (χ4n) is 3.06. The topological polar surface area (TPSA) is 88.3 Å². The average molecular weight is 274 g/mol. The summed E-state index contributed by atoms with van der Waals surface area (Å²) in [6.45, 7) is 1.30. The maximum absolute atomic E-state index is 12.4. The van der Waals surface area contributed by atoms with Gasteiger partial charge in [-0.1, -0.05) is 0 Å². The van der Waals surface area contributed by atoms with Crippen LogP contribution in [0.25, 0.3) is 0 Å². The second-order valence-electron chi connectivity index (χ2n) is 5.41. The van der Waals surface area contributed by atoms with E-state index in [-0.39, 0.29) is 30.2 Å². The zero-order valence-corrected chi connectivity index (χ0v) is 11.2. The summed E-state index contributed by atoms with van der Waals surface area (Å²) >= 11 is 0. The maximum Gasteiger partial charge on any atom is 0.228 e. The SMILES string of the molecule is Nc1ccc(CC(=O)N2CCCC3C(=O)NCC32)nc1. The number of nitrogens with zero attached hydrogens (tertiary/aromatic N) is 2. The fourth-order valence-corrected chi connectivity index (χ4v) is 3.06. The van der Waals surface area contributed by atoms with Crippen LogP contribution < -0.4 is 11.1 Å². The zero-order chi connectivity index (χ0) is 14.1. The lowest BCUT2D eigenvalue weighted by atomic mass is 9.91. The first-order valence-corrected chi connectivity index (χ1v) is 6.93. The van der Waals surface area contributed by atoms with Gasteiger partial charge >= 0.3 is 0 Å². The van der Waals surface area contributed by atoms with E-state index in [1.807, 2.05) is 4.90 Å². The number of likely N-dealkylation sites (tertiary alicyclic amines) is 1. The summed E-state index contributed by atoms with van der Waals surface area (Å²) in [5, 5.41) is 2.85. The van der Waals surface area contributed by atoms with Gasteiger partial charge < -0.3 is 16.0 Å². The van der Waals surface area contributed by atoms with Gasteiger partial charge in [-0.25, -0.2) is 0 Å². The molecule has 2 unspecified atom stereocenters. The molecule has 1 aromatic rings. The second kappa shape index (κ2) is 5.11. The number of rotatable bonds is 2. The van der Waals surface area contributed by atoms with E-state index in [1.165, 1.54) is 0 Å². The quantitative estimate of drug-likeness (QED) is 0.791. The highest BCUT2D eigenvalue weighted by Crippen LogP contribution is 2.27. The molecule has 2 amide bonds. The highest BCUT2D eigenvalue weighted by Gasteiger charge is 2.42. The first kappa shape index (κ1) is 12.9. The number of nitrogens with two attached hydrogens (primary N) is 1. The third-order valence-corrected chi connectivity index (χ3v) is 4.10. The Bertz CT molecular complexity index is 528. The molecule has 0 saturated carbocycles. The summed E-state index contributed by atoms with van der Waals surface area (Å²) in [7, 11) is 0. The number of hydrogen-bond donors (Lipinski definition) is 2. The van der Waals surface area contributed by atoms with Crippen LogP contribution in [-0.2, 0) is 16.0 Å². The van der Waals surface area contributed by atoms with Crippen molar-refractivity contribution in [3.63, 3.8) is 0 Å². The molecule has 2 fully saturated rings. The van der Waals surface area contributed by atoms with Gasteiger partial charge in [0, 0.05) is 18.8 Å². The third kappa shape index (κ3) is 2.33. The van der Waals surface area contributed by atoms with Crippen LogP contribution in [0.5, 0.6) is 0 Å². The highest BCUT2D eigenvalue weighted by molar-refractivity contribution is 5.85. The Morgan fingerprint density at radius 3 is 3.10 bits per heavy atom. The van der Waals surface area contributed by atoms with E-state index in [9.17, 15) is 9.59 Å².